The van der Waals surface area contributed by atoms with Crippen LogP contribution in [-0.2, 0) is 14.3 Å². The van der Waals surface area contributed by atoms with Crippen LogP contribution >= 0.6 is 0 Å². The quantitative estimate of drug-likeness (QED) is 0.474. The molecule has 9 heteroatoms. The molecule has 3 rings (SSSR count). The number of methoxy groups -OCH3 is 1. The first-order valence-corrected chi connectivity index (χ1v) is 8.55. The number of primary amides is 1. The largest absolute Gasteiger partial charge is 0.385 e. The van der Waals surface area contributed by atoms with Crippen molar-refractivity contribution in [1.29, 1.82) is 0 Å². The van der Waals surface area contributed by atoms with Gasteiger partial charge in [-0.15, -0.1) is 0 Å². The molecule has 2 aliphatic rings. The minimum absolute atomic E-state index is 0.0334. The Morgan fingerprint density at radius 2 is 1.96 bits per heavy atom. The minimum Gasteiger partial charge on any atom is -0.385 e. The average Bonchev–Trinajstić information content (AvgIpc) is 2.84. The Labute approximate surface area is 155 Å². The number of amides is 4. The summed E-state index contributed by atoms with van der Waals surface area (Å²) in [4.78, 5) is 49.9. The van der Waals surface area contributed by atoms with Gasteiger partial charge in [0.25, 0.3) is 17.7 Å². The molecule has 4 amide bonds. The second-order valence-corrected chi connectivity index (χ2v) is 6.74. The summed E-state index contributed by atoms with van der Waals surface area (Å²) in [6.45, 7) is 1.07. The van der Waals surface area contributed by atoms with Gasteiger partial charge in [-0.05, 0) is 24.6 Å². The SMILES string of the molecule is COCCCN1C(=O)c2ccc(C(=O)NC3(CC(N)=O)COC3)cc2C1=O. The molecule has 0 radical (unpaired) electrons. The Hall–Kier alpha value is -2.78. The standard InChI is InChI=1S/C18H21N3O6/c1-26-6-2-5-21-16(24)12-4-3-11(7-13(12)17(21)25)15(23)20-18(8-14(19)22)9-27-10-18/h3-4,7H,2,5-6,8-10H2,1H3,(H2,19,22)(H,20,23). The molecule has 0 atom stereocenters. The number of carbonyl (C=O) groups is 4. The Morgan fingerprint density at radius 1 is 1.26 bits per heavy atom. The van der Waals surface area contributed by atoms with Crippen LogP contribution < -0.4 is 11.1 Å². The number of rotatable bonds is 8. The van der Waals surface area contributed by atoms with Crippen LogP contribution in [0.1, 0.15) is 43.9 Å². The van der Waals surface area contributed by atoms with E-state index in [9.17, 15) is 19.2 Å². The van der Waals surface area contributed by atoms with Gasteiger partial charge in [-0.3, -0.25) is 24.1 Å². The number of benzene rings is 1. The summed E-state index contributed by atoms with van der Waals surface area (Å²) in [7, 11) is 1.55. The van der Waals surface area contributed by atoms with Crippen molar-refractivity contribution in [2.24, 2.45) is 5.73 Å². The zero-order valence-corrected chi connectivity index (χ0v) is 14.9. The van der Waals surface area contributed by atoms with Gasteiger partial charge >= 0.3 is 0 Å². The van der Waals surface area contributed by atoms with Crippen LogP contribution in [0.25, 0.3) is 0 Å². The van der Waals surface area contributed by atoms with Crippen molar-refractivity contribution in [3.63, 3.8) is 0 Å². The highest BCUT2D eigenvalue weighted by atomic mass is 16.5. The van der Waals surface area contributed by atoms with E-state index in [4.69, 9.17) is 15.2 Å². The summed E-state index contributed by atoms with van der Waals surface area (Å²) in [6.07, 6.45) is 0.499. The van der Waals surface area contributed by atoms with Crippen molar-refractivity contribution in [2.75, 3.05) is 33.5 Å². The normalized spacial score (nSPS) is 17.4. The number of nitrogens with one attached hydrogen (secondary N) is 1. The number of carbonyl (C=O) groups excluding carboxylic acids is 4. The van der Waals surface area contributed by atoms with Crippen molar-refractivity contribution in [1.82, 2.24) is 10.2 Å². The predicted octanol–water partition coefficient (Wildman–Crippen LogP) is -0.307. The van der Waals surface area contributed by atoms with Gasteiger partial charge in [0.2, 0.25) is 5.91 Å². The van der Waals surface area contributed by atoms with Crippen molar-refractivity contribution in [2.45, 2.75) is 18.4 Å². The Kier molecular flexibility index (Phi) is 5.24. The lowest BCUT2D eigenvalue weighted by Gasteiger charge is -2.41. The Bertz CT molecular complexity index is 802. The van der Waals surface area contributed by atoms with E-state index in [-0.39, 0.29) is 48.8 Å². The molecule has 0 bridgehead atoms. The zero-order chi connectivity index (χ0) is 19.6. The average molecular weight is 375 g/mol. The van der Waals surface area contributed by atoms with E-state index in [1.165, 1.54) is 18.2 Å². The second-order valence-electron chi connectivity index (χ2n) is 6.74. The van der Waals surface area contributed by atoms with Crippen LogP contribution in [0.3, 0.4) is 0 Å². The number of hydrogen-bond donors (Lipinski definition) is 2. The first kappa shape index (κ1) is 19.0. The molecule has 0 spiro atoms. The van der Waals surface area contributed by atoms with Crippen LogP contribution in [0, 0.1) is 0 Å². The fourth-order valence-corrected chi connectivity index (χ4v) is 3.22. The summed E-state index contributed by atoms with van der Waals surface area (Å²) >= 11 is 0. The zero-order valence-electron chi connectivity index (χ0n) is 14.9. The van der Waals surface area contributed by atoms with E-state index in [1.807, 2.05) is 0 Å². The third kappa shape index (κ3) is 3.69. The number of nitrogens with zero attached hydrogens (tertiary/aromatic N) is 1. The molecule has 0 aliphatic carbocycles. The summed E-state index contributed by atoms with van der Waals surface area (Å²) in [5.41, 5.74) is 5.10. The summed E-state index contributed by atoms with van der Waals surface area (Å²) in [5.74, 6) is -1.81. The van der Waals surface area contributed by atoms with Gasteiger partial charge in [-0.25, -0.2) is 0 Å². The first-order valence-electron chi connectivity index (χ1n) is 8.55. The number of hydrogen-bond acceptors (Lipinski definition) is 6. The van der Waals surface area contributed by atoms with E-state index in [1.54, 1.807) is 7.11 Å². The third-order valence-corrected chi connectivity index (χ3v) is 4.61. The van der Waals surface area contributed by atoms with Gasteiger partial charge in [0, 0.05) is 25.8 Å². The van der Waals surface area contributed by atoms with Gasteiger partial charge in [-0.1, -0.05) is 0 Å². The van der Waals surface area contributed by atoms with Crippen LogP contribution in [0.4, 0.5) is 0 Å². The molecule has 1 fully saturated rings. The lowest BCUT2D eigenvalue weighted by molar-refractivity contribution is -0.127. The van der Waals surface area contributed by atoms with Gasteiger partial charge in [0.1, 0.15) is 0 Å². The highest BCUT2D eigenvalue weighted by Gasteiger charge is 2.42. The Morgan fingerprint density at radius 3 is 2.56 bits per heavy atom. The highest BCUT2D eigenvalue weighted by molar-refractivity contribution is 6.22. The number of ether oxygens (including phenoxy) is 2. The maximum absolute atomic E-state index is 12.6. The predicted molar refractivity (Wildman–Crippen MR) is 93.1 cm³/mol. The van der Waals surface area contributed by atoms with Gasteiger partial charge in [0.05, 0.1) is 36.3 Å². The smallest absolute Gasteiger partial charge is 0.261 e. The van der Waals surface area contributed by atoms with E-state index < -0.39 is 23.3 Å². The molecule has 3 N–H and O–H groups in total. The summed E-state index contributed by atoms with van der Waals surface area (Å²) in [5, 5.41) is 2.76. The first-order chi connectivity index (χ1) is 12.9. The maximum atomic E-state index is 12.6. The van der Waals surface area contributed by atoms with Gasteiger partial charge < -0.3 is 20.5 Å². The van der Waals surface area contributed by atoms with E-state index in [0.29, 0.717) is 13.0 Å². The molecule has 2 heterocycles. The molecule has 9 nitrogen and oxygen atoms in total. The fraction of sp³-hybridized carbons (Fsp3) is 0.444. The van der Waals surface area contributed by atoms with Crippen molar-refractivity contribution >= 4 is 23.6 Å². The highest BCUT2D eigenvalue weighted by Crippen LogP contribution is 2.26. The molecular weight excluding hydrogens is 354 g/mol. The molecular formula is C18H21N3O6. The van der Waals surface area contributed by atoms with Crippen molar-refractivity contribution in [3.05, 3.63) is 34.9 Å². The van der Waals surface area contributed by atoms with Crippen LogP contribution in [-0.4, -0.2) is 67.5 Å². The number of imide groups is 1. The molecule has 0 aromatic heterocycles. The van der Waals surface area contributed by atoms with Crippen molar-refractivity contribution in [3.8, 4) is 0 Å². The number of nitrogens with two attached hydrogens (primary N) is 1. The molecule has 0 unspecified atom stereocenters. The number of fused-ring (bicyclic) bond motifs is 1. The molecule has 27 heavy (non-hydrogen) atoms. The molecule has 0 saturated carbocycles. The fourth-order valence-electron chi connectivity index (χ4n) is 3.22. The van der Waals surface area contributed by atoms with Gasteiger partial charge in [0.15, 0.2) is 0 Å². The Balaban J connectivity index is 1.75. The maximum Gasteiger partial charge on any atom is 0.261 e. The molecule has 1 saturated heterocycles. The van der Waals surface area contributed by atoms with Crippen LogP contribution in [0.2, 0.25) is 0 Å². The van der Waals surface area contributed by atoms with E-state index in [0.717, 1.165) is 4.90 Å². The molecule has 2 aliphatic heterocycles. The molecule has 144 valence electrons. The van der Waals surface area contributed by atoms with E-state index >= 15 is 0 Å². The molecule has 1 aromatic rings. The van der Waals surface area contributed by atoms with Crippen molar-refractivity contribution < 1.29 is 28.7 Å². The third-order valence-electron chi connectivity index (χ3n) is 4.61. The minimum atomic E-state index is -0.825. The van der Waals surface area contributed by atoms with Gasteiger partial charge in [-0.2, -0.15) is 0 Å². The molecule has 1 aromatic carbocycles. The summed E-state index contributed by atoms with van der Waals surface area (Å²) in [6, 6.07) is 4.35. The second kappa shape index (κ2) is 7.45. The summed E-state index contributed by atoms with van der Waals surface area (Å²) < 4.78 is 10.0. The van der Waals surface area contributed by atoms with E-state index in [2.05, 4.69) is 5.32 Å². The topological polar surface area (TPSA) is 128 Å². The van der Waals surface area contributed by atoms with Crippen LogP contribution in [0.15, 0.2) is 18.2 Å². The monoisotopic (exact) mass is 375 g/mol. The lowest BCUT2D eigenvalue weighted by atomic mass is 9.92. The van der Waals surface area contributed by atoms with Crippen LogP contribution in [0.5, 0.6) is 0 Å². The lowest BCUT2D eigenvalue weighted by Crippen LogP contribution is -2.63.